The van der Waals surface area contributed by atoms with Crippen molar-refractivity contribution in [3.05, 3.63) is 89.5 Å². The molecule has 2 N–H and O–H groups in total. The van der Waals surface area contributed by atoms with Crippen LogP contribution in [-0.4, -0.2) is 22.8 Å². The molecule has 1 heterocycles. The molecule has 2 aromatic carbocycles. The van der Waals surface area contributed by atoms with Gasteiger partial charge in [-0.25, -0.2) is 4.39 Å². The number of aliphatic imine (C=N–C) groups is 1. The fourth-order valence-corrected chi connectivity index (χ4v) is 2.65. The number of nitrogens with zero attached hydrogens (tertiary/aromatic N) is 3. The lowest BCUT2D eigenvalue weighted by Crippen LogP contribution is -2.36. The van der Waals surface area contributed by atoms with E-state index in [0.29, 0.717) is 24.6 Å². The Hall–Kier alpha value is -3.15. The van der Waals surface area contributed by atoms with Crippen LogP contribution in [0.25, 0.3) is 0 Å². The molecule has 0 spiro atoms. The first-order chi connectivity index (χ1) is 12.7. The van der Waals surface area contributed by atoms with Crippen molar-refractivity contribution < 1.29 is 4.39 Å². The van der Waals surface area contributed by atoms with E-state index in [4.69, 9.17) is 0 Å². The molecule has 5 nitrogen and oxygen atoms in total. The van der Waals surface area contributed by atoms with E-state index >= 15 is 0 Å². The monoisotopic (exact) mass is 351 g/mol. The van der Waals surface area contributed by atoms with Gasteiger partial charge in [-0.05, 0) is 23.3 Å². The molecule has 0 aliphatic rings. The van der Waals surface area contributed by atoms with Crippen LogP contribution >= 0.6 is 0 Å². The molecule has 3 aromatic rings. The second-order valence-electron chi connectivity index (χ2n) is 5.89. The van der Waals surface area contributed by atoms with Crippen LogP contribution in [0.3, 0.4) is 0 Å². The second-order valence-corrected chi connectivity index (χ2v) is 5.89. The lowest BCUT2D eigenvalue weighted by atomic mass is 10.1. The minimum absolute atomic E-state index is 0.221. The molecule has 0 aliphatic heterocycles. The number of rotatable bonds is 6. The van der Waals surface area contributed by atoms with E-state index in [-0.39, 0.29) is 5.82 Å². The number of hydrogen-bond donors (Lipinski definition) is 2. The number of aromatic nitrogens is 2. The summed E-state index contributed by atoms with van der Waals surface area (Å²) in [7, 11) is 1.70. The predicted molar refractivity (Wildman–Crippen MR) is 101 cm³/mol. The fourth-order valence-electron chi connectivity index (χ4n) is 2.65. The molecule has 0 radical (unpaired) electrons. The van der Waals surface area contributed by atoms with Gasteiger partial charge in [0.15, 0.2) is 5.96 Å². The standard InChI is InChI=1S/C20H22FN5/c1-22-20(24-14-18-8-2-3-9-19(18)21)23-13-16-6-4-7-17(12-16)15-26-11-5-10-25-26/h2-12H,13-15H2,1H3,(H2,22,23,24). The third-order valence-electron chi connectivity index (χ3n) is 3.98. The smallest absolute Gasteiger partial charge is 0.191 e. The fraction of sp³-hybridized carbons (Fsp3) is 0.200. The average molecular weight is 351 g/mol. The summed E-state index contributed by atoms with van der Waals surface area (Å²) in [4.78, 5) is 4.19. The molecular weight excluding hydrogens is 329 g/mol. The van der Waals surface area contributed by atoms with Crippen LogP contribution in [-0.2, 0) is 19.6 Å². The summed E-state index contributed by atoms with van der Waals surface area (Å²) in [6, 6.07) is 16.9. The minimum atomic E-state index is -0.221. The van der Waals surface area contributed by atoms with E-state index in [0.717, 1.165) is 12.1 Å². The van der Waals surface area contributed by atoms with E-state index in [1.165, 1.54) is 11.6 Å². The highest BCUT2D eigenvalue weighted by Gasteiger charge is 2.03. The molecule has 0 saturated heterocycles. The van der Waals surface area contributed by atoms with Gasteiger partial charge in [0.25, 0.3) is 0 Å². The molecule has 134 valence electrons. The SMILES string of the molecule is CN=C(NCc1cccc(Cn2cccn2)c1)NCc1ccccc1F. The molecule has 0 aliphatic carbocycles. The first kappa shape index (κ1) is 17.7. The van der Waals surface area contributed by atoms with Crippen LogP contribution in [0.1, 0.15) is 16.7 Å². The predicted octanol–water partition coefficient (Wildman–Crippen LogP) is 2.94. The van der Waals surface area contributed by atoms with Crippen molar-refractivity contribution in [2.45, 2.75) is 19.6 Å². The molecule has 0 atom stereocenters. The topological polar surface area (TPSA) is 54.2 Å². The Kier molecular flexibility index (Phi) is 5.98. The van der Waals surface area contributed by atoms with Gasteiger partial charge >= 0.3 is 0 Å². The third kappa shape index (κ3) is 4.92. The van der Waals surface area contributed by atoms with Crippen LogP contribution in [0.5, 0.6) is 0 Å². The summed E-state index contributed by atoms with van der Waals surface area (Å²) in [5.74, 6) is 0.410. The zero-order valence-corrected chi connectivity index (χ0v) is 14.7. The van der Waals surface area contributed by atoms with Gasteiger partial charge in [-0.15, -0.1) is 0 Å². The van der Waals surface area contributed by atoms with Crippen molar-refractivity contribution in [2.24, 2.45) is 4.99 Å². The summed E-state index contributed by atoms with van der Waals surface area (Å²) in [5.41, 5.74) is 2.93. The van der Waals surface area contributed by atoms with Gasteiger partial charge < -0.3 is 10.6 Å². The van der Waals surface area contributed by atoms with Gasteiger partial charge in [0.05, 0.1) is 6.54 Å². The van der Waals surface area contributed by atoms with Crippen molar-refractivity contribution in [2.75, 3.05) is 7.05 Å². The zero-order chi connectivity index (χ0) is 18.2. The maximum atomic E-state index is 13.7. The Morgan fingerprint density at radius 3 is 2.62 bits per heavy atom. The Morgan fingerprint density at radius 2 is 1.85 bits per heavy atom. The van der Waals surface area contributed by atoms with E-state index in [1.807, 2.05) is 29.1 Å². The lowest BCUT2D eigenvalue weighted by Gasteiger charge is -2.13. The Balaban J connectivity index is 1.54. The molecule has 26 heavy (non-hydrogen) atoms. The van der Waals surface area contributed by atoms with Crippen molar-refractivity contribution in [1.82, 2.24) is 20.4 Å². The van der Waals surface area contributed by atoms with E-state index in [1.54, 1.807) is 25.4 Å². The maximum Gasteiger partial charge on any atom is 0.191 e. The minimum Gasteiger partial charge on any atom is -0.352 e. The van der Waals surface area contributed by atoms with Crippen molar-refractivity contribution in [3.63, 3.8) is 0 Å². The van der Waals surface area contributed by atoms with E-state index < -0.39 is 0 Å². The molecule has 0 saturated carbocycles. The highest BCUT2D eigenvalue weighted by atomic mass is 19.1. The van der Waals surface area contributed by atoms with Crippen molar-refractivity contribution in [3.8, 4) is 0 Å². The second kappa shape index (κ2) is 8.80. The average Bonchev–Trinajstić information content (AvgIpc) is 3.16. The van der Waals surface area contributed by atoms with Gasteiger partial charge in [-0.2, -0.15) is 5.10 Å². The molecule has 0 bridgehead atoms. The first-order valence-corrected chi connectivity index (χ1v) is 8.48. The summed E-state index contributed by atoms with van der Waals surface area (Å²) in [5, 5.41) is 10.6. The normalized spacial score (nSPS) is 11.4. The summed E-state index contributed by atoms with van der Waals surface area (Å²) >= 11 is 0. The van der Waals surface area contributed by atoms with Gasteiger partial charge in [0, 0.05) is 38.1 Å². The van der Waals surface area contributed by atoms with Crippen LogP contribution in [0.2, 0.25) is 0 Å². The molecule has 6 heteroatoms. The van der Waals surface area contributed by atoms with Crippen LogP contribution in [0.15, 0.2) is 72.0 Å². The quantitative estimate of drug-likeness (QED) is 0.530. The number of halogens is 1. The number of hydrogen-bond acceptors (Lipinski definition) is 2. The molecule has 1 aromatic heterocycles. The van der Waals surface area contributed by atoms with Crippen LogP contribution < -0.4 is 10.6 Å². The Morgan fingerprint density at radius 1 is 1.04 bits per heavy atom. The number of guanidine groups is 1. The molecular formula is C20H22FN5. The van der Waals surface area contributed by atoms with Crippen molar-refractivity contribution in [1.29, 1.82) is 0 Å². The van der Waals surface area contributed by atoms with E-state index in [9.17, 15) is 4.39 Å². The van der Waals surface area contributed by atoms with Gasteiger partial charge in [-0.3, -0.25) is 9.67 Å². The summed E-state index contributed by atoms with van der Waals surface area (Å²) < 4.78 is 15.6. The summed E-state index contributed by atoms with van der Waals surface area (Å²) in [6.45, 7) is 1.75. The van der Waals surface area contributed by atoms with Gasteiger partial charge in [0.2, 0.25) is 0 Å². The Labute approximate surface area is 152 Å². The van der Waals surface area contributed by atoms with E-state index in [2.05, 4.69) is 38.9 Å². The number of nitrogens with one attached hydrogen (secondary N) is 2. The molecule has 3 rings (SSSR count). The lowest BCUT2D eigenvalue weighted by molar-refractivity contribution is 0.604. The molecule has 0 unspecified atom stereocenters. The zero-order valence-electron chi connectivity index (χ0n) is 14.7. The number of benzene rings is 2. The molecule has 0 fully saturated rings. The van der Waals surface area contributed by atoms with Crippen molar-refractivity contribution >= 4 is 5.96 Å². The van der Waals surface area contributed by atoms with Gasteiger partial charge in [-0.1, -0.05) is 42.5 Å². The summed E-state index contributed by atoms with van der Waals surface area (Å²) in [6.07, 6.45) is 3.72. The third-order valence-corrected chi connectivity index (χ3v) is 3.98. The Bertz CT molecular complexity index is 858. The maximum absolute atomic E-state index is 13.7. The highest BCUT2D eigenvalue weighted by Crippen LogP contribution is 2.07. The first-order valence-electron chi connectivity index (χ1n) is 8.48. The largest absolute Gasteiger partial charge is 0.352 e. The highest BCUT2D eigenvalue weighted by molar-refractivity contribution is 5.79. The van der Waals surface area contributed by atoms with Gasteiger partial charge in [0.1, 0.15) is 5.82 Å². The molecule has 0 amide bonds. The van der Waals surface area contributed by atoms with Crippen LogP contribution in [0, 0.1) is 5.82 Å². The van der Waals surface area contributed by atoms with Crippen LogP contribution in [0.4, 0.5) is 4.39 Å².